The van der Waals surface area contributed by atoms with E-state index in [0.717, 1.165) is 19.4 Å². The van der Waals surface area contributed by atoms with Gasteiger partial charge in [0, 0.05) is 20.2 Å². The standard InChI is InChI=1S/C13H19Cl2N3O/c1-16-12-10(14)5-11(15)13(18-12)17-6-8-3-2-4-9(8)7-19/h5,8-9,19H,2-4,6-7H2,1H3,(H2,16,17,18). The largest absolute Gasteiger partial charge is 0.396 e. The van der Waals surface area contributed by atoms with Crippen molar-refractivity contribution in [1.82, 2.24) is 4.98 Å². The second-order valence-corrected chi connectivity index (χ2v) is 5.73. The fourth-order valence-corrected chi connectivity index (χ4v) is 3.14. The van der Waals surface area contributed by atoms with E-state index in [0.29, 0.717) is 33.5 Å². The average molecular weight is 304 g/mol. The van der Waals surface area contributed by atoms with Crippen molar-refractivity contribution in [2.75, 3.05) is 30.8 Å². The average Bonchev–Trinajstić information content (AvgIpc) is 2.85. The highest BCUT2D eigenvalue weighted by molar-refractivity contribution is 6.37. The molecular formula is C13H19Cl2N3O. The minimum absolute atomic E-state index is 0.260. The first kappa shape index (κ1) is 14.7. The summed E-state index contributed by atoms with van der Waals surface area (Å²) >= 11 is 12.1. The van der Waals surface area contributed by atoms with Crippen molar-refractivity contribution >= 4 is 34.8 Å². The van der Waals surface area contributed by atoms with Crippen molar-refractivity contribution in [3.63, 3.8) is 0 Å². The van der Waals surface area contributed by atoms with Crippen molar-refractivity contribution in [2.24, 2.45) is 11.8 Å². The molecule has 0 aliphatic heterocycles. The summed E-state index contributed by atoms with van der Waals surface area (Å²) in [5.41, 5.74) is 0. The lowest BCUT2D eigenvalue weighted by molar-refractivity contribution is 0.199. The first-order chi connectivity index (χ1) is 9.15. The minimum atomic E-state index is 0.260. The maximum atomic E-state index is 9.31. The summed E-state index contributed by atoms with van der Waals surface area (Å²) in [6.45, 7) is 1.04. The number of hydrogen-bond donors (Lipinski definition) is 3. The van der Waals surface area contributed by atoms with E-state index < -0.39 is 0 Å². The number of anilines is 2. The van der Waals surface area contributed by atoms with Crippen LogP contribution in [0.25, 0.3) is 0 Å². The van der Waals surface area contributed by atoms with Crippen LogP contribution in [0.1, 0.15) is 19.3 Å². The molecule has 1 heterocycles. The van der Waals surface area contributed by atoms with Crippen LogP contribution < -0.4 is 10.6 Å². The van der Waals surface area contributed by atoms with Crippen molar-refractivity contribution in [2.45, 2.75) is 19.3 Å². The van der Waals surface area contributed by atoms with Crippen LogP contribution in [0.15, 0.2) is 6.07 Å². The molecule has 1 fully saturated rings. The zero-order chi connectivity index (χ0) is 13.8. The third-order valence-corrected chi connectivity index (χ3v) is 4.33. The molecule has 1 saturated carbocycles. The summed E-state index contributed by atoms with van der Waals surface area (Å²) in [7, 11) is 1.77. The van der Waals surface area contributed by atoms with Gasteiger partial charge in [0.2, 0.25) is 0 Å². The molecule has 1 aromatic heterocycles. The quantitative estimate of drug-likeness (QED) is 0.781. The Kier molecular flexibility index (Phi) is 5.13. The Morgan fingerprint density at radius 3 is 2.63 bits per heavy atom. The first-order valence-electron chi connectivity index (χ1n) is 6.54. The smallest absolute Gasteiger partial charge is 0.147 e. The van der Waals surface area contributed by atoms with Gasteiger partial charge in [-0.25, -0.2) is 4.98 Å². The SMILES string of the molecule is CNc1nc(NCC2CCCC2CO)c(Cl)cc1Cl. The van der Waals surface area contributed by atoms with E-state index in [2.05, 4.69) is 15.6 Å². The van der Waals surface area contributed by atoms with Gasteiger partial charge in [-0.05, 0) is 30.7 Å². The Balaban J connectivity index is 2.03. The molecule has 0 amide bonds. The van der Waals surface area contributed by atoms with E-state index in [-0.39, 0.29) is 6.61 Å². The van der Waals surface area contributed by atoms with Crippen molar-refractivity contribution in [1.29, 1.82) is 0 Å². The summed E-state index contributed by atoms with van der Waals surface area (Å²) in [5.74, 6) is 2.12. The van der Waals surface area contributed by atoms with Crippen molar-refractivity contribution in [3.8, 4) is 0 Å². The van der Waals surface area contributed by atoms with Crippen LogP contribution in [0, 0.1) is 11.8 Å². The molecule has 0 radical (unpaired) electrons. The number of aliphatic hydroxyl groups is 1. The Hall–Kier alpha value is -0.710. The highest BCUT2D eigenvalue weighted by Crippen LogP contribution is 2.33. The van der Waals surface area contributed by atoms with Gasteiger partial charge in [0.25, 0.3) is 0 Å². The van der Waals surface area contributed by atoms with Crippen LogP contribution in [0.3, 0.4) is 0 Å². The lowest BCUT2D eigenvalue weighted by Crippen LogP contribution is -2.21. The van der Waals surface area contributed by atoms with Crippen LogP contribution in [0.5, 0.6) is 0 Å². The Labute approximate surface area is 123 Å². The van der Waals surface area contributed by atoms with Crippen LogP contribution in [-0.2, 0) is 0 Å². The maximum Gasteiger partial charge on any atom is 0.147 e. The van der Waals surface area contributed by atoms with E-state index in [1.807, 2.05) is 0 Å². The molecule has 0 spiro atoms. The summed E-state index contributed by atoms with van der Waals surface area (Å²) < 4.78 is 0. The van der Waals surface area contributed by atoms with E-state index in [9.17, 15) is 5.11 Å². The fourth-order valence-electron chi connectivity index (χ4n) is 2.62. The van der Waals surface area contributed by atoms with Crippen LogP contribution in [-0.4, -0.2) is 30.3 Å². The molecule has 3 N–H and O–H groups in total. The predicted molar refractivity (Wildman–Crippen MR) is 80.2 cm³/mol. The lowest BCUT2D eigenvalue weighted by atomic mass is 9.97. The molecule has 106 valence electrons. The van der Waals surface area contributed by atoms with Gasteiger partial charge in [-0.2, -0.15) is 0 Å². The predicted octanol–water partition coefficient (Wildman–Crippen LogP) is 3.25. The summed E-state index contributed by atoms with van der Waals surface area (Å²) in [4.78, 5) is 4.35. The third-order valence-electron chi connectivity index (χ3n) is 3.75. The van der Waals surface area contributed by atoms with Crippen LogP contribution in [0.2, 0.25) is 10.0 Å². The number of nitrogens with zero attached hydrogens (tertiary/aromatic N) is 1. The third kappa shape index (κ3) is 3.44. The van der Waals surface area contributed by atoms with E-state index in [1.54, 1.807) is 13.1 Å². The zero-order valence-electron chi connectivity index (χ0n) is 10.9. The van der Waals surface area contributed by atoms with Crippen molar-refractivity contribution in [3.05, 3.63) is 16.1 Å². The molecule has 0 aromatic carbocycles. The Morgan fingerprint density at radius 2 is 1.95 bits per heavy atom. The second kappa shape index (κ2) is 6.64. The molecule has 1 aliphatic rings. The number of aromatic nitrogens is 1. The Bertz CT molecular complexity index is 442. The molecule has 2 atom stereocenters. The normalized spacial score (nSPS) is 22.5. The summed E-state index contributed by atoms with van der Waals surface area (Å²) in [6, 6.07) is 1.68. The second-order valence-electron chi connectivity index (χ2n) is 4.91. The van der Waals surface area contributed by atoms with Gasteiger partial charge in [0.1, 0.15) is 11.6 Å². The molecule has 6 heteroatoms. The number of rotatable bonds is 5. The molecule has 0 saturated heterocycles. The van der Waals surface area contributed by atoms with Gasteiger partial charge in [-0.1, -0.05) is 29.6 Å². The lowest BCUT2D eigenvalue weighted by Gasteiger charge is -2.19. The van der Waals surface area contributed by atoms with Gasteiger partial charge in [-0.3, -0.25) is 0 Å². The van der Waals surface area contributed by atoms with Crippen LogP contribution >= 0.6 is 23.2 Å². The monoisotopic (exact) mass is 303 g/mol. The van der Waals surface area contributed by atoms with E-state index >= 15 is 0 Å². The van der Waals surface area contributed by atoms with Crippen molar-refractivity contribution < 1.29 is 5.11 Å². The summed E-state index contributed by atoms with van der Waals surface area (Å²) in [5, 5.41) is 16.5. The van der Waals surface area contributed by atoms with E-state index in [4.69, 9.17) is 23.2 Å². The van der Waals surface area contributed by atoms with Gasteiger partial charge in [-0.15, -0.1) is 0 Å². The van der Waals surface area contributed by atoms with Gasteiger partial charge >= 0.3 is 0 Å². The molecule has 2 rings (SSSR count). The maximum absolute atomic E-state index is 9.31. The van der Waals surface area contributed by atoms with Crippen LogP contribution in [0.4, 0.5) is 11.6 Å². The van der Waals surface area contributed by atoms with Gasteiger partial charge < -0.3 is 15.7 Å². The summed E-state index contributed by atoms with van der Waals surface area (Å²) in [6.07, 6.45) is 3.43. The highest BCUT2D eigenvalue weighted by atomic mass is 35.5. The van der Waals surface area contributed by atoms with Gasteiger partial charge in [0.15, 0.2) is 0 Å². The Morgan fingerprint density at radius 1 is 1.26 bits per heavy atom. The minimum Gasteiger partial charge on any atom is -0.396 e. The fraction of sp³-hybridized carbons (Fsp3) is 0.615. The topological polar surface area (TPSA) is 57.2 Å². The molecule has 1 aromatic rings. The van der Waals surface area contributed by atoms with Gasteiger partial charge in [0.05, 0.1) is 10.0 Å². The number of pyridine rings is 1. The molecule has 1 aliphatic carbocycles. The number of aliphatic hydroxyl groups excluding tert-OH is 1. The molecule has 0 bridgehead atoms. The number of halogens is 2. The molecule has 4 nitrogen and oxygen atoms in total. The number of nitrogens with one attached hydrogen (secondary N) is 2. The zero-order valence-corrected chi connectivity index (χ0v) is 12.4. The molecule has 19 heavy (non-hydrogen) atoms. The first-order valence-corrected chi connectivity index (χ1v) is 7.29. The number of hydrogen-bond acceptors (Lipinski definition) is 4. The highest BCUT2D eigenvalue weighted by Gasteiger charge is 2.26. The molecule has 2 unspecified atom stereocenters. The molecular weight excluding hydrogens is 285 g/mol. The van der Waals surface area contributed by atoms with E-state index in [1.165, 1.54) is 6.42 Å².